The number of carbonyl (C=O) groups excluding carboxylic acids is 2. The first-order valence-corrected chi connectivity index (χ1v) is 15.0. The van der Waals surface area contributed by atoms with Crippen LogP contribution in [0.4, 0.5) is 23.5 Å². The maximum Gasteiger partial charge on any atom is 0.222 e. The van der Waals surface area contributed by atoms with Crippen LogP contribution in [0.2, 0.25) is 5.28 Å². The van der Waals surface area contributed by atoms with E-state index in [1.807, 2.05) is 6.07 Å². The molecule has 51 heavy (non-hydrogen) atoms. The number of nitrogen functional groups attached to an aromatic ring is 2. The summed E-state index contributed by atoms with van der Waals surface area (Å²) >= 11 is 5.53. The topological polar surface area (TPSA) is 256 Å². The smallest absolute Gasteiger partial charge is 0.222 e. The van der Waals surface area contributed by atoms with Crippen LogP contribution in [0, 0.1) is 17.9 Å². The fraction of sp³-hybridized carbons (Fsp3) is 0.0588. The molecule has 0 saturated heterocycles. The van der Waals surface area contributed by atoms with Gasteiger partial charge in [-0.25, -0.2) is 44.7 Å². The summed E-state index contributed by atoms with van der Waals surface area (Å²) in [4.78, 5) is 58.7. The van der Waals surface area contributed by atoms with Crippen molar-refractivity contribution in [2.75, 3.05) is 16.8 Å². The average molecular weight is 699 g/mol. The molecule has 0 saturated carbocycles. The van der Waals surface area contributed by atoms with Crippen molar-refractivity contribution in [3.8, 4) is 6.07 Å². The Bertz CT molecular complexity index is 2170. The van der Waals surface area contributed by atoms with Crippen LogP contribution >= 0.6 is 11.6 Å². The van der Waals surface area contributed by atoms with Gasteiger partial charge < -0.3 is 22.5 Å². The molecule has 0 radical (unpaired) electrons. The van der Waals surface area contributed by atoms with E-state index in [1.165, 1.54) is 30.9 Å². The molecule has 17 heteroatoms. The van der Waals surface area contributed by atoms with Crippen LogP contribution in [0.25, 0.3) is 4.85 Å². The second kappa shape index (κ2) is 18.3. The summed E-state index contributed by atoms with van der Waals surface area (Å²) in [7, 11) is 0. The number of hydrogen-bond donors (Lipinski definition) is 4. The highest BCUT2D eigenvalue weighted by atomic mass is 35.5. The minimum atomic E-state index is -0.237. The molecule has 0 atom stereocenters. The summed E-state index contributed by atoms with van der Waals surface area (Å²) in [5, 5.41) is 11.8. The molecule has 6 rings (SSSR count). The van der Waals surface area contributed by atoms with Gasteiger partial charge in [0.15, 0.2) is 17.3 Å². The molecule has 0 fully saturated rings. The number of rotatable bonds is 8. The lowest BCUT2D eigenvalue weighted by Gasteiger charge is -2.05. The Hall–Kier alpha value is -7.27. The molecule has 2 aromatic carbocycles. The third kappa shape index (κ3) is 11.2. The molecule has 0 aliphatic rings. The van der Waals surface area contributed by atoms with Gasteiger partial charge in [-0.1, -0.05) is 30.3 Å². The number of benzene rings is 2. The van der Waals surface area contributed by atoms with E-state index in [4.69, 9.17) is 40.6 Å². The molecule has 4 aromatic heterocycles. The molecule has 252 valence electrons. The van der Waals surface area contributed by atoms with E-state index in [-0.39, 0.29) is 28.7 Å². The number of nitrogens with zero attached hydrogens (tertiary/aromatic N) is 10. The van der Waals surface area contributed by atoms with Crippen LogP contribution in [-0.4, -0.2) is 51.4 Å². The summed E-state index contributed by atoms with van der Waals surface area (Å²) in [6.07, 6.45) is 12.1. The van der Waals surface area contributed by atoms with Crippen molar-refractivity contribution in [1.29, 1.82) is 5.26 Å². The van der Waals surface area contributed by atoms with E-state index in [1.54, 1.807) is 67.3 Å². The molecular formula is C34H27ClN14O2. The van der Waals surface area contributed by atoms with Crippen molar-refractivity contribution in [2.45, 2.75) is 13.1 Å². The van der Waals surface area contributed by atoms with E-state index in [2.05, 4.69) is 50.0 Å². The maximum absolute atomic E-state index is 12.4. The monoisotopic (exact) mass is 698 g/mol. The van der Waals surface area contributed by atoms with E-state index in [0.29, 0.717) is 52.5 Å². The summed E-state index contributed by atoms with van der Waals surface area (Å²) in [5.41, 5.74) is 20.0. The second-order valence-corrected chi connectivity index (χ2v) is 10.3. The van der Waals surface area contributed by atoms with Crippen molar-refractivity contribution in [3.63, 3.8) is 0 Å². The Morgan fingerprint density at radius 3 is 1.76 bits per heavy atom. The zero-order valence-corrected chi connectivity index (χ0v) is 27.3. The highest BCUT2D eigenvalue weighted by Crippen LogP contribution is 2.17. The predicted octanol–water partition coefficient (Wildman–Crippen LogP) is 3.99. The van der Waals surface area contributed by atoms with Crippen LogP contribution in [0.1, 0.15) is 48.5 Å². The molecule has 0 amide bonds. The average Bonchev–Trinajstić information content (AvgIpc) is 3.18. The third-order valence-electron chi connectivity index (χ3n) is 6.42. The molecule has 16 nitrogen and oxygen atoms in total. The fourth-order valence-electron chi connectivity index (χ4n) is 3.85. The molecule has 7 N–H and O–H groups in total. The molecule has 0 bridgehead atoms. The summed E-state index contributed by atoms with van der Waals surface area (Å²) < 4.78 is 0. The van der Waals surface area contributed by atoms with E-state index < -0.39 is 0 Å². The lowest BCUT2D eigenvalue weighted by atomic mass is 10.0. The minimum Gasteiger partial charge on any atom is -0.368 e. The van der Waals surface area contributed by atoms with Gasteiger partial charge in [-0.05, 0) is 29.8 Å². The number of nitrogens with one attached hydrogen (secondary N) is 1. The Balaban J connectivity index is 0.000000192. The van der Waals surface area contributed by atoms with Gasteiger partial charge in [-0.2, -0.15) is 5.26 Å². The first-order valence-electron chi connectivity index (χ1n) is 14.6. The highest BCUT2D eigenvalue weighted by Gasteiger charge is 2.12. The maximum atomic E-state index is 12.4. The van der Waals surface area contributed by atoms with Crippen molar-refractivity contribution in [1.82, 2.24) is 39.9 Å². The van der Waals surface area contributed by atoms with Crippen molar-refractivity contribution >= 4 is 46.7 Å². The SMILES string of the molecule is N#Cc1cccc(C(=O)c2cnc(Cl)nc2)c1.NCc1cnc(N)nc1.[C-]#[N+]c1cccc(C(=O)c2cnc(NCc3cnc(N)nc3)nc2)c1. The van der Waals surface area contributed by atoms with Crippen LogP contribution in [0.15, 0.2) is 98.1 Å². The van der Waals surface area contributed by atoms with Gasteiger partial charge >= 0.3 is 0 Å². The fourth-order valence-corrected chi connectivity index (χ4v) is 3.95. The zero-order valence-electron chi connectivity index (χ0n) is 26.6. The number of anilines is 3. The molecule has 0 unspecified atom stereocenters. The minimum absolute atomic E-state index is 0.0901. The van der Waals surface area contributed by atoms with Gasteiger partial charge in [0, 0.05) is 84.9 Å². The van der Waals surface area contributed by atoms with Gasteiger partial charge in [0.1, 0.15) is 0 Å². The number of nitriles is 1. The summed E-state index contributed by atoms with van der Waals surface area (Å²) in [6.45, 7) is 7.90. The van der Waals surface area contributed by atoms with E-state index in [9.17, 15) is 9.59 Å². The molecule has 4 heterocycles. The Labute approximate surface area is 296 Å². The van der Waals surface area contributed by atoms with Crippen molar-refractivity contribution < 1.29 is 9.59 Å². The van der Waals surface area contributed by atoms with Gasteiger partial charge in [-0.15, -0.1) is 0 Å². The Morgan fingerprint density at radius 2 is 1.24 bits per heavy atom. The van der Waals surface area contributed by atoms with Crippen molar-refractivity contribution in [3.05, 3.63) is 154 Å². The first kappa shape index (κ1) is 36.6. The lowest BCUT2D eigenvalue weighted by Crippen LogP contribution is -2.07. The number of hydrogen-bond acceptors (Lipinski definition) is 15. The standard InChI is InChI=1S/C17H13N7O.C12H6ClN3O.C5H8N4/c1-19-14-4-2-3-12(5-14)15(25)13-9-23-17(24-10-13)22-8-11-6-20-16(18)21-7-11;13-12-15-6-10(7-16-12)11(17)9-3-1-2-8(4-9)5-14;6-1-4-2-8-5(7)9-3-4/h2-7,9-10H,8H2,(H2,18,20,21)(H,22,23,24);1-4,6-7H;2-3H,1,6H2,(H2,7,8,9). The van der Waals surface area contributed by atoms with Gasteiger partial charge in [-0.3, -0.25) is 9.59 Å². The van der Waals surface area contributed by atoms with E-state index >= 15 is 0 Å². The van der Waals surface area contributed by atoms with Crippen LogP contribution < -0.4 is 22.5 Å². The molecular weight excluding hydrogens is 672 g/mol. The summed E-state index contributed by atoms with van der Waals surface area (Å²) in [5.74, 6) is 0.406. The van der Waals surface area contributed by atoms with Crippen molar-refractivity contribution in [2.24, 2.45) is 5.73 Å². The number of nitrogens with two attached hydrogens (primary N) is 3. The molecule has 0 aliphatic heterocycles. The third-order valence-corrected chi connectivity index (χ3v) is 6.62. The second-order valence-electron chi connectivity index (χ2n) is 10.0. The number of ketones is 2. The number of carbonyl (C=O) groups is 2. The number of halogens is 1. The lowest BCUT2D eigenvalue weighted by molar-refractivity contribution is 0.103. The Kier molecular flexibility index (Phi) is 13.1. The quantitative estimate of drug-likeness (QED) is 0.0995. The van der Waals surface area contributed by atoms with Crippen LogP contribution in [0.5, 0.6) is 0 Å². The van der Waals surface area contributed by atoms with Gasteiger partial charge in [0.2, 0.25) is 23.1 Å². The predicted molar refractivity (Wildman–Crippen MR) is 188 cm³/mol. The Morgan fingerprint density at radius 1 is 0.725 bits per heavy atom. The molecule has 0 aliphatic carbocycles. The zero-order chi connectivity index (χ0) is 36.6. The molecule has 6 aromatic rings. The largest absolute Gasteiger partial charge is 0.368 e. The van der Waals surface area contributed by atoms with E-state index in [0.717, 1.165) is 11.1 Å². The van der Waals surface area contributed by atoms with Crippen LogP contribution in [0.3, 0.4) is 0 Å². The molecule has 0 spiro atoms. The normalized spacial score (nSPS) is 9.80. The summed E-state index contributed by atoms with van der Waals surface area (Å²) in [6, 6.07) is 15.0. The van der Waals surface area contributed by atoms with Gasteiger partial charge in [0.25, 0.3) is 0 Å². The number of aromatic nitrogens is 8. The van der Waals surface area contributed by atoms with Crippen LogP contribution in [-0.2, 0) is 13.1 Å². The highest BCUT2D eigenvalue weighted by molar-refractivity contribution is 6.28. The van der Waals surface area contributed by atoms with Gasteiger partial charge in [0.05, 0.1) is 29.3 Å². The first-order chi connectivity index (χ1) is 24.7.